The van der Waals surface area contributed by atoms with Crippen LogP contribution in [-0.4, -0.2) is 17.7 Å². The van der Waals surface area contributed by atoms with Gasteiger partial charge in [0.2, 0.25) is 0 Å². The second-order valence-electron chi connectivity index (χ2n) is 2.90. The van der Waals surface area contributed by atoms with Crippen LogP contribution in [0.5, 0.6) is 0 Å². The normalized spacial score (nSPS) is 9.33. The third kappa shape index (κ3) is 3.75. The van der Waals surface area contributed by atoms with Crippen LogP contribution in [0.3, 0.4) is 0 Å². The Morgan fingerprint density at radius 1 is 1.60 bits per heavy atom. The van der Waals surface area contributed by atoms with E-state index in [1.165, 1.54) is 0 Å². The maximum Gasteiger partial charge on any atom is 0.404 e. The highest BCUT2D eigenvalue weighted by Gasteiger charge is 2.02. The lowest BCUT2D eigenvalue weighted by Crippen LogP contribution is -2.23. The molecular formula is C10H9IN2O2. The van der Waals surface area contributed by atoms with E-state index < -0.39 is 6.09 Å². The van der Waals surface area contributed by atoms with E-state index in [4.69, 9.17) is 10.4 Å². The van der Waals surface area contributed by atoms with Crippen molar-refractivity contribution in [2.24, 2.45) is 0 Å². The van der Waals surface area contributed by atoms with E-state index >= 15 is 0 Å². The lowest BCUT2D eigenvalue weighted by Gasteiger charge is -2.04. The van der Waals surface area contributed by atoms with Gasteiger partial charge in [-0.05, 0) is 52.8 Å². The summed E-state index contributed by atoms with van der Waals surface area (Å²) in [5, 5.41) is 19.4. The number of carboxylic acid groups (broad SMARTS) is 1. The topological polar surface area (TPSA) is 73.1 Å². The summed E-state index contributed by atoms with van der Waals surface area (Å²) in [6.45, 7) is 0.361. The molecule has 0 aliphatic carbocycles. The number of rotatable bonds is 3. The monoisotopic (exact) mass is 316 g/mol. The van der Waals surface area contributed by atoms with E-state index in [-0.39, 0.29) is 0 Å². The summed E-state index contributed by atoms with van der Waals surface area (Å²) in [6.07, 6.45) is -0.429. The standard InChI is InChI=1S/C10H9IN2O2/c11-9-2-1-7(6-12)5-8(9)3-4-13-10(14)15/h1-2,5,13H,3-4H2,(H,14,15). The molecule has 0 radical (unpaired) electrons. The Balaban J connectivity index is 2.68. The smallest absolute Gasteiger partial charge is 0.404 e. The quantitative estimate of drug-likeness (QED) is 0.838. The number of halogens is 1. The van der Waals surface area contributed by atoms with E-state index in [0.29, 0.717) is 18.5 Å². The Kier molecular flexibility index (Phi) is 4.37. The number of carbonyl (C=O) groups is 1. The molecule has 1 aromatic rings. The van der Waals surface area contributed by atoms with Crippen molar-refractivity contribution >= 4 is 28.7 Å². The zero-order chi connectivity index (χ0) is 11.3. The maximum absolute atomic E-state index is 10.2. The predicted molar refractivity (Wildman–Crippen MR) is 63.6 cm³/mol. The molecule has 0 fully saturated rings. The van der Waals surface area contributed by atoms with Crippen molar-refractivity contribution in [3.05, 3.63) is 32.9 Å². The molecule has 1 amide bonds. The number of hydrogen-bond donors (Lipinski definition) is 2. The summed E-state index contributed by atoms with van der Waals surface area (Å²) >= 11 is 2.17. The molecule has 0 spiro atoms. The summed E-state index contributed by atoms with van der Waals surface area (Å²) in [5.41, 5.74) is 1.59. The molecule has 15 heavy (non-hydrogen) atoms. The first-order valence-electron chi connectivity index (χ1n) is 4.29. The molecule has 78 valence electrons. The minimum Gasteiger partial charge on any atom is -0.465 e. The second kappa shape index (κ2) is 5.56. The van der Waals surface area contributed by atoms with Crippen molar-refractivity contribution in [3.8, 4) is 6.07 Å². The molecule has 1 aromatic carbocycles. The van der Waals surface area contributed by atoms with Gasteiger partial charge in [-0.25, -0.2) is 4.79 Å². The fraction of sp³-hybridized carbons (Fsp3) is 0.200. The van der Waals surface area contributed by atoms with Crippen molar-refractivity contribution < 1.29 is 9.90 Å². The summed E-state index contributed by atoms with van der Waals surface area (Å²) in [6, 6.07) is 7.44. The molecule has 0 aliphatic heterocycles. The SMILES string of the molecule is N#Cc1ccc(I)c(CCNC(=O)O)c1. The second-order valence-corrected chi connectivity index (χ2v) is 4.06. The first kappa shape index (κ1) is 11.8. The van der Waals surface area contributed by atoms with Crippen LogP contribution in [0.2, 0.25) is 0 Å². The zero-order valence-corrected chi connectivity index (χ0v) is 9.98. The van der Waals surface area contributed by atoms with Gasteiger partial charge in [-0.3, -0.25) is 0 Å². The van der Waals surface area contributed by atoms with Crippen molar-refractivity contribution in [3.63, 3.8) is 0 Å². The van der Waals surface area contributed by atoms with E-state index in [0.717, 1.165) is 9.13 Å². The Bertz CT molecular complexity index is 412. The van der Waals surface area contributed by atoms with Gasteiger partial charge in [-0.1, -0.05) is 0 Å². The molecule has 4 nitrogen and oxygen atoms in total. The largest absolute Gasteiger partial charge is 0.465 e. The highest BCUT2D eigenvalue weighted by molar-refractivity contribution is 14.1. The van der Waals surface area contributed by atoms with E-state index in [1.54, 1.807) is 12.1 Å². The first-order valence-corrected chi connectivity index (χ1v) is 5.36. The zero-order valence-electron chi connectivity index (χ0n) is 7.83. The van der Waals surface area contributed by atoms with E-state index in [2.05, 4.69) is 34.0 Å². The number of nitriles is 1. The fourth-order valence-corrected chi connectivity index (χ4v) is 1.75. The van der Waals surface area contributed by atoms with Crippen LogP contribution in [0.25, 0.3) is 0 Å². The molecule has 0 saturated heterocycles. The molecule has 0 heterocycles. The number of nitrogens with one attached hydrogen (secondary N) is 1. The Morgan fingerprint density at radius 3 is 2.93 bits per heavy atom. The van der Waals surface area contributed by atoms with Crippen molar-refractivity contribution in [1.82, 2.24) is 5.32 Å². The molecule has 0 unspecified atom stereocenters. The molecule has 0 atom stereocenters. The van der Waals surface area contributed by atoms with Gasteiger partial charge in [0.05, 0.1) is 11.6 Å². The Labute approximate surface area is 101 Å². The lowest BCUT2D eigenvalue weighted by atomic mass is 10.1. The molecule has 2 N–H and O–H groups in total. The van der Waals surface area contributed by atoms with E-state index in [1.807, 2.05) is 6.07 Å². The number of hydrogen-bond acceptors (Lipinski definition) is 2. The molecule has 0 saturated carbocycles. The third-order valence-corrected chi connectivity index (χ3v) is 2.90. The molecular weight excluding hydrogens is 307 g/mol. The van der Waals surface area contributed by atoms with Crippen LogP contribution in [-0.2, 0) is 6.42 Å². The van der Waals surface area contributed by atoms with Gasteiger partial charge in [-0.2, -0.15) is 5.26 Å². The van der Waals surface area contributed by atoms with E-state index in [9.17, 15) is 4.79 Å². The summed E-state index contributed by atoms with van der Waals surface area (Å²) in [7, 11) is 0. The molecule has 0 bridgehead atoms. The van der Waals surface area contributed by atoms with Gasteiger partial charge >= 0.3 is 6.09 Å². The maximum atomic E-state index is 10.2. The minimum atomic E-state index is -1.03. The highest BCUT2D eigenvalue weighted by atomic mass is 127. The minimum absolute atomic E-state index is 0.361. The van der Waals surface area contributed by atoms with Gasteiger partial charge in [0, 0.05) is 10.1 Å². The van der Waals surface area contributed by atoms with Crippen LogP contribution in [0.4, 0.5) is 4.79 Å². The predicted octanol–water partition coefficient (Wildman–Crippen LogP) is 1.97. The van der Waals surface area contributed by atoms with Gasteiger partial charge in [0.15, 0.2) is 0 Å². The van der Waals surface area contributed by atoms with Gasteiger partial charge in [-0.15, -0.1) is 0 Å². The summed E-state index contributed by atoms with van der Waals surface area (Å²) < 4.78 is 1.04. The lowest BCUT2D eigenvalue weighted by molar-refractivity contribution is 0.194. The summed E-state index contributed by atoms with van der Waals surface area (Å²) in [4.78, 5) is 10.2. The number of benzene rings is 1. The fourth-order valence-electron chi connectivity index (χ4n) is 1.14. The molecule has 5 heteroatoms. The Morgan fingerprint density at radius 2 is 2.33 bits per heavy atom. The summed E-state index contributed by atoms with van der Waals surface area (Å²) in [5.74, 6) is 0. The molecule has 0 aliphatic rings. The van der Waals surface area contributed by atoms with Crippen LogP contribution in [0, 0.1) is 14.9 Å². The van der Waals surface area contributed by atoms with Crippen LogP contribution in [0.1, 0.15) is 11.1 Å². The molecule has 0 aromatic heterocycles. The van der Waals surface area contributed by atoms with Crippen LogP contribution >= 0.6 is 22.6 Å². The average molecular weight is 316 g/mol. The van der Waals surface area contributed by atoms with Crippen LogP contribution < -0.4 is 5.32 Å². The van der Waals surface area contributed by atoms with Gasteiger partial charge in [0.25, 0.3) is 0 Å². The Hall–Kier alpha value is -1.29. The van der Waals surface area contributed by atoms with Crippen molar-refractivity contribution in [2.75, 3.05) is 6.54 Å². The third-order valence-electron chi connectivity index (χ3n) is 1.85. The van der Waals surface area contributed by atoms with Gasteiger partial charge < -0.3 is 10.4 Å². The van der Waals surface area contributed by atoms with Crippen molar-refractivity contribution in [2.45, 2.75) is 6.42 Å². The first-order chi connectivity index (χ1) is 7.13. The molecule has 1 rings (SSSR count). The van der Waals surface area contributed by atoms with Crippen LogP contribution in [0.15, 0.2) is 18.2 Å². The average Bonchev–Trinajstić information content (AvgIpc) is 2.20. The highest BCUT2D eigenvalue weighted by Crippen LogP contribution is 2.14. The number of nitrogens with zero attached hydrogens (tertiary/aromatic N) is 1. The number of amides is 1. The van der Waals surface area contributed by atoms with Gasteiger partial charge in [0.1, 0.15) is 0 Å². The van der Waals surface area contributed by atoms with Crippen molar-refractivity contribution in [1.29, 1.82) is 5.26 Å².